The highest BCUT2D eigenvalue weighted by Crippen LogP contribution is 2.49. The monoisotopic (exact) mass is 397 g/mol. The summed E-state index contributed by atoms with van der Waals surface area (Å²) >= 11 is 2.97. The number of hydrogen-bond donors (Lipinski definition) is 2. The van der Waals surface area contributed by atoms with Crippen molar-refractivity contribution in [3.63, 3.8) is 0 Å². The van der Waals surface area contributed by atoms with Crippen LogP contribution in [0.5, 0.6) is 0 Å². The summed E-state index contributed by atoms with van der Waals surface area (Å²) in [5.74, 6) is 0.536. The number of aryl methyl sites for hydroxylation is 2. The molecule has 2 aliphatic rings. The van der Waals surface area contributed by atoms with Gasteiger partial charge in [-0.3, -0.25) is 4.99 Å². The van der Waals surface area contributed by atoms with E-state index in [0.29, 0.717) is 5.56 Å². The maximum Gasteiger partial charge on any atom is 0.352 e. The van der Waals surface area contributed by atoms with Crippen molar-refractivity contribution in [2.75, 3.05) is 5.32 Å². The summed E-state index contributed by atoms with van der Waals surface area (Å²) in [5, 5.41) is 5.23. The third-order valence-corrected chi connectivity index (χ3v) is 7.12. The van der Waals surface area contributed by atoms with Gasteiger partial charge in [-0.1, -0.05) is 18.2 Å². The Labute approximate surface area is 165 Å². The standard InChI is InChI=1S/C20H19N3O2S2/c1-10-16(12-6-3-4-8-14(12)21-10)20(24)25-27-19-17-13-7-5-9-15(13)26-18(17)22-11(2)23-19/h3-4,6,8,19,21H,5,7,9H2,1-2H3,(H,22,23)/t19-/m1/s1. The van der Waals surface area contributed by atoms with Gasteiger partial charge >= 0.3 is 5.97 Å². The van der Waals surface area contributed by atoms with Gasteiger partial charge in [-0.05, 0) is 44.7 Å². The molecule has 0 saturated heterocycles. The second-order valence-electron chi connectivity index (χ2n) is 6.93. The number of carbonyl (C=O) groups excluding carboxylic acids is 1. The molecule has 0 spiro atoms. The molecule has 1 aromatic carbocycles. The zero-order chi connectivity index (χ0) is 18.5. The molecule has 0 amide bonds. The lowest BCUT2D eigenvalue weighted by molar-refractivity contribution is 0.0768. The number of H-pyrrole nitrogens is 1. The van der Waals surface area contributed by atoms with Gasteiger partial charge in [0.15, 0.2) is 5.37 Å². The first-order valence-electron chi connectivity index (χ1n) is 9.02. The molecule has 0 radical (unpaired) electrons. The number of rotatable bonds is 3. The van der Waals surface area contributed by atoms with Gasteiger partial charge in [-0.25, -0.2) is 4.79 Å². The first-order valence-corrected chi connectivity index (χ1v) is 10.6. The Kier molecular flexibility index (Phi) is 4.02. The molecular formula is C20H19N3O2S2. The average molecular weight is 398 g/mol. The van der Waals surface area contributed by atoms with Crippen molar-refractivity contribution in [1.82, 2.24) is 4.98 Å². The molecule has 1 atom stereocenters. The average Bonchev–Trinajstić information content (AvgIpc) is 3.30. The van der Waals surface area contributed by atoms with Crippen LogP contribution in [-0.2, 0) is 17.0 Å². The van der Waals surface area contributed by atoms with E-state index < -0.39 is 0 Å². The third-order valence-electron chi connectivity index (χ3n) is 5.13. The highest BCUT2D eigenvalue weighted by atomic mass is 32.2. The first kappa shape index (κ1) is 16.9. The minimum absolute atomic E-state index is 0.200. The molecule has 0 unspecified atom stereocenters. The van der Waals surface area contributed by atoms with E-state index >= 15 is 0 Å². The number of aromatic nitrogens is 1. The largest absolute Gasteiger partial charge is 0.385 e. The predicted molar refractivity (Wildman–Crippen MR) is 112 cm³/mol. The number of aliphatic imine (C=N–C) groups is 1. The fourth-order valence-electron chi connectivity index (χ4n) is 3.96. The van der Waals surface area contributed by atoms with Crippen LogP contribution < -0.4 is 5.32 Å². The molecule has 0 saturated carbocycles. The normalized spacial score (nSPS) is 18.0. The van der Waals surface area contributed by atoms with E-state index in [2.05, 4.69) is 10.3 Å². The van der Waals surface area contributed by atoms with E-state index in [9.17, 15) is 4.79 Å². The van der Waals surface area contributed by atoms with Crippen LogP contribution in [0.25, 0.3) is 10.9 Å². The number of nitrogens with one attached hydrogen (secondary N) is 2. The second kappa shape index (κ2) is 6.42. The number of nitrogens with zero attached hydrogens (tertiary/aromatic N) is 1. The van der Waals surface area contributed by atoms with Crippen LogP contribution in [0.2, 0.25) is 0 Å². The molecule has 138 valence electrons. The lowest BCUT2D eigenvalue weighted by Crippen LogP contribution is -2.16. The number of thiophene rings is 1. The lowest BCUT2D eigenvalue weighted by Gasteiger charge is -2.20. The van der Waals surface area contributed by atoms with Gasteiger partial charge in [-0.15, -0.1) is 11.3 Å². The van der Waals surface area contributed by atoms with E-state index in [1.807, 2.05) is 49.4 Å². The van der Waals surface area contributed by atoms with Crippen LogP contribution >= 0.6 is 23.4 Å². The van der Waals surface area contributed by atoms with E-state index in [-0.39, 0.29) is 11.3 Å². The van der Waals surface area contributed by atoms with Crippen LogP contribution in [-0.4, -0.2) is 16.8 Å². The molecule has 5 rings (SSSR count). The molecule has 7 heteroatoms. The molecule has 2 aromatic heterocycles. The molecule has 5 nitrogen and oxygen atoms in total. The van der Waals surface area contributed by atoms with Crippen LogP contribution in [0.15, 0.2) is 29.3 Å². The molecule has 1 aliphatic heterocycles. The fourth-order valence-corrected chi connectivity index (χ4v) is 6.23. The van der Waals surface area contributed by atoms with Gasteiger partial charge in [0.05, 0.1) is 17.6 Å². The highest BCUT2D eigenvalue weighted by Gasteiger charge is 2.32. The Hall–Kier alpha value is -2.25. The van der Waals surface area contributed by atoms with Gasteiger partial charge in [0, 0.05) is 27.0 Å². The van der Waals surface area contributed by atoms with Gasteiger partial charge < -0.3 is 14.5 Å². The smallest absolute Gasteiger partial charge is 0.352 e. The third kappa shape index (κ3) is 2.76. The summed E-state index contributed by atoms with van der Waals surface area (Å²) in [4.78, 5) is 22.2. The van der Waals surface area contributed by atoms with Crippen molar-refractivity contribution < 1.29 is 8.98 Å². The maximum absolute atomic E-state index is 12.8. The summed E-state index contributed by atoms with van der Waals surface area (Å²) < 4.78 is 5.68. The number of hydrogen-bond acceptors (Lipinski definition) is 6. The summed E-state index contributed by atoms with van der Waals surface area (Å²) in [6, 6.07) is 7.79. The van der Waals surface area contributed by atoms with Gasteiger partial charge in [-0.2, -0.15) is 0 Å². The molecule has 3 heterocycles. The topological polar surface area (TPSA) is 66.5 Å². The van der Waals surface area contributed by atoms with Crippen LogP contribution in [0.1, 0.15) is 50.8 Å². The number of anilines is 1. The van der Waals surface area contributed by atoms with Crippen LogP contribution in [0, 0.1) is 6.92 Å². The van der Waals surface area contributed by atoms with Crippen molar-refractivity contribution >= 4 is 51.1 Å². The molecule has 0 fully saturated rings. The number of carbonyl (C=O) groups is 1. The second-order valence-corrected chi connectivity index (χ2v) is 8.84. The molecule has 3 aromatic rings. The number of aromatic amines is 1. The lowest BCUT2D eigenvalue weighted by atomic mass is 10.1. The predicted octanol–water partition coefficient (Wildman–Crippen LogP) is 5.37. The number of fused-ring (bicyclic) bond motifs is 4. The Balaban J connectivity index is 1.42. The van der Waals surface area contributed by atoms with E-state index in [0.717, 1.165) is 52.3 Å². The Morgan fingerprint density at radius 3 is 3.04 bits per heavy atom. The van der Waals surface area contributed by atoms with Gasteiger partial charge in [0.2, 0.25) is 0 Å². The molecular weight excluding hydrogens is 378 g/mol. The Morgan fingerprint density at radius 1 is 1.30 bits per heavy atom. The highest BCUT2D eigenvalue weighted by molar-refractivity contribution is 7.95. The van der Waals surface area contributed by atoms with Crippen molar-refractivity contribution in [3.8, 4) is 0 Å². The van der Waals surface area contributed by atoms with E-state index in [1.54, 1.807) is 0 Å². The number of para-hydroxylation sites is 1. The van der Waals surface area contributed by atoms with Gasteiger partial charge in [0.1, 0.15) is 10.8 Å². The Morgan fingerprint density at radius 2 is 2.15 bits per heavy atom. The van der Waals surface area contributed by atoms with Crippen LogP contribution in [0.4, 0.5) is 5.00 Å². The quantitative estimate of drug-likeness (QED) is 0.583. The maximum atomic E-state index is 12.8. The SMILES string of the molecule is CC1=N[C@H](SOC(=O)c2c(C)[nH]c3ccccc23)c2c(sc3c2CCC3)N1. The minimum Gasteiger partial charge on any atom is -0.385 e. The molecule has 0 bridgehead atoms. The van der Waals surface area contributed by atoms with E-state index in [1.165, 1.54) is 22.4 Å². The fraction of sp³-hybridized carbons (Fsp3) is 0.300. The number of amidine groups is 1. The van der Waals surface area contributed by atoms with Crippen molar-refractivity contribution in [1.29, 1.82) is 0 Å². The summed E-state index contributed by atoms with van der Waals surface area (Å²) in [7, 11) is 0. The molecule has 27 heavy (non-hydrogen) atoms. The zero-order valence-electron chi connectivity index (χ0n) is 15.1. The van der Waals surface area contributed by atoms with Crippen molar-refractivity contribution in [2.45, 2.75) is 38.5 Å². The molecule has 2 N–H and O–H groups in total. The molecule has 1 aliphatic carbocycles. The number of benzene rings is 1. The van der Waals surface area contributed by atoms with E-state index in [4.69, 9.17) is 9.18 Å². The summed E-state index contributed by atoms with van der Waals surface area (Å²) in [5.41, 5.74) is 4.97. The van der Waals surface area contributed by atoms with Crippen molar-refractivity contribution in [2.24, 2.45) is 4.99 Å². The summed E-state index contributed by atoms with van der Waals surface area (Å²) in [6.07, 6.45) is 3.42. The Bertz CT molecular complexity index is 1100. The summed E-state index contributed by atoms with van der Waals surface area (Å²) in [6.45, 7) is 3.85. The van der Waals surface area contributed by atoms with Crippen molar-refractivity contribution in [3.05, 3.63) is 51.5 Å². The minimum atomic E-state index is -0.324. The van der Waals surface area contributed by atoms with Gasteiger partial charge in [0.25, 0.3) is 0 Å². The zero-order valence-corrected chi connectivity index (χ0v) is 16.7. The van der Waals surface area contributed by atoms with Crippen LogP contribution in [0.3, 0.4) is 0 Å². The first-order chi connectivity index (χ1) is 13.1.